The Kier molecular flexibility index (Phi) is 3.69. The van der Waals surface area contributed by atoms with E-state index in [0.29, 0.717) is 6.42 Å². The molecular weight excluding hydrogens is 168 g/mol. The zero-order chi connectivity index (χ0) is 9.73. The molecule has 0 radical (unpaired) electrons. The molecule has 0 aromatic carbocycles. The molecule has 1 amide bonds. The number of hydroxylamine groups is 1. The number of carbonyl (C=O) groups excluding carboxylic acids is 1. The molecule has 1 fully saturated rings. The smallest absolute Gasteiger partial charge is 0.245 e. The van der Waals surface area contributed by atoms with Crippen LogP contribution in [0, 0.1) is 0 Å². The third kappa shape index (κ3) is 3.32. The van der Waals surface area contributed by atoms with Gasteiger partial charge in [-0.3, -0.25) is 9.63 Å². The lowest BCUT2D eigenvalue weighted by atomic mass is 9.80. The number of amides is 1. The van der Waals surface area contributed by atoms with Gasteiger partial charge in [-0.05, 0) is 12.8 Å². The van der Waals surface area contributed by atoms with E-state index in [1.807, 2.05) is 0 Å². The quantitative estimate of drug-likeness (QED) is 0.638. The SMILES string of the molecule is CONC(=O)CC1(N)CCCCC1. The van der Waals surface area contributed by atoms with Gasteiger partial charge in [-0.15, -0.1) is 0 Å². The highest BCUT2D eigenvalue weighted by atomic mass is 16.6. The summed E-state index contributed by atoms with van der Waals surface area (Å²) in [7, 11) is 1.43. The first-order valence-electron chi connectivity index (χ1n) is 4.77. The van der Waals surface area contributed by atoms with Crippen LogP contribution in [0.4, 0.5) is 0 Å². The average Bonchev–Trinajstić information content (AvgIpc) is 2.04. The van der Waals surface area contributed by atoms with Gasteiger partial charge in [0.15, 0.2) is 0 Å². The highest BCUT2D eigenvalue weighted by Crippen LogP contribution is 2.28. The molecule has 0 bridgehead atoms. The Labute approximate surface area is 78.8 Å². The lowest BCUT2D eigenvalue weighted by Crippen LogP contribution is -2.45. The van der Waals surface area contributed by atoms with Crippen molar-refractivity contribution in [2.24, 2.45) is 5.73 Å². The van der Waals surface area contributed by atoms with Crippen molar-refractivity contribution >= 4 is 5.91 Å². The number of hydrogen-bond acceptors (Lipinski definition) is 3. The van der Waals surface area contributed by atoms with Crippen LogP contribution in [0.5, 0.6) is 0 Å². The zero-order valence-corrected chi connectivity index (χ0v) is 8.14. The maximum atomic E-state index is 11.2. The second-order valence-electron chi connectivity index (χ2n) is 3.83. The molecule has 4 heteroatoms. The third-order valence-corrected chi connectivity index (χ3v) is 2.58. The van der Waals surface area contributed by atoms with Crippen LogP contribution in [0.3, 0.4) is 0 Å². The van der Waals surface area contributed by atoms with Crippen LogP contribution < -0.4 is 11.2 Å². The molecule has 1 saturated carbocycles. The van der Waals surface area contributed by atoms with E-state index >= 15 is 0 Å². The second-order valence-corrected chi connectivity index (χ2v) is 3.83. The molecular formula is C9H18N2O2. The minimum absolute atomic E-state index is 0.119. The summed E-state index contributed by atoms with van der Waals surface area (Å²) in [5, 5.41) is 0. The molecule has 0 aromatic rings. The van der Waals surface area contributed by atoms with Crippen molar-refractivity contribution in [1.29, 1.82) is 0 Å². The maximum Gasteiger partial charge on any atom is 0.245 e. The van der Waals surface area contributed by atoms with Gasteiger partial charge < -0.3 is 5.73 Å². The fraction of sp³-hybridized carbons (Fsp3) is 0.889. The number of rotatable bonds is 3. The average molecular weight is 186 g/mol. The maximum absolute atomic E-state index is 11.2. The Balaban J connectivity index is 2.36. The first-order valence-corrected chi connectivity index (χ1v) is 4.77. The molecule has 76 valence electrons. The van der Waals surface area contributed by atoms with Gasteiger partial charge in [-0.25, -0.2) is 5.48 Å². The Morgan fingerprint density at radius 2 is 2.08 bits per heavy atom. The standard InChI is InChI=1S/C9H18N2O2/c1-13-11-8(12)7-9(10)5-3-2-4-6-9/h2-7,10H2,1H3,(H,11,12). The molecule has 0 unspecified atom stereocenters. The van der Waals surface area contributed by atoms with Gasteiger partial charge in [0.1, 0.15) is 0 Å². The van der Waals surface area contributed by atoms with Gasteiger partial charge in [0.2, 0.25) is 5.91 Å². The molecule has 1 aliphatic rings. The van der Waals surface area contributed by atoms with Crippen LogP contribution in [0.2, 0.25) is 0 Å². The predicted molar refractivity (Wildman–Crippen MR) is 49.8 cm³/mol. The molecule has 1 rings (SSSR count). The van der Waals surface area contributed by atoms with Crippen molar-refractivity contribution in [3.8, 4) is 0 Å². The van der Waals surface area contributed by atoms with E-state index in [2.05, 4.69) is 10.3 Å². The molecule has 0 heterocycles. The molecule has 0 saturated heterocycles. The summed E-state index contributed by atoms with van der Waals surface area (Å²) in [5.74, 6) is -0.119. The number of hydrogen-bond donors (Lipinski definition) is 2. The molecule has 3 N–H and O–H groups in total. The summed E-state index contributed by atoms with van der Waals surface area (Å²) in [6.07, 6.45) is 5.79. The first kappa shape index (κ1) is 10.5. The Hall–Kier alpha value is -0.610. The summed E-state index contributed by atoms with van der Waals surface area (Å²) >= 11 is 0. The van der Waals surface area contributed by atoms with E-state index in [1.165, 1.54) is 13.5 Å². The van der Waals surface area contributed by atoms with Gasteiger partial charge in [-0.1, -0.05) is 19.3 Å². The van der Waals surface area contributed by atoms with E-state index in [1.54, 1.807) is 0 Å². The van der Waals surface area contributed by atoms with Gasteiger partial charge in [0.05, 0.1) is 7.11 Å². The van der Waals surface area contributed by atoms with Gasteiger partial charge in [0.25, 0.3) is 0 Å². The van der Waals surface area contributed by atoms with Crippen molar-refractivity contribution in [2.45, 2.75) is 44.1 Å². The Morgan fingerprint density at radius 1 is 1.46 bits per heavy atom. The van der Waals surface area contributed by atoms with Crippen molar-refractivity contribution < 1.29 is 9.63 Å². The van der Waals surface area contributed by atoms with Gasteiger partial charge in [0, 0.05) is 12.0 Å². The highest BCUT2D eigenvalue weighted by Gasteiger charge is 2.29. The number of nitrogens with two attached hydrogens (primary N) is 1. The number of carbonyl (C=O) groups is 1. The Bertz CT molecular complexity index is 176. The Morgan fingerprint density at radius 3 is 2.62 bits per heavy atom. The predicted octanol–water partition coefficient (Wildman–Crippen LogP) is 0.716. The largest absolute Gasteiger partial charge is 0.325 e. The van der Waals surface area contributed by atoms with E-state index in [4.69, 9.17) is 5.73 Å². The minimum atomic E-state index is -0.291. The van der Waals surface area contributed by atoms with Crippen molar-refractivity contribution in [1.82, 2.24) is 5.48 Å². The van der Waals surface area contributed by atoms with Gasteiger partial charge >= 0.3 is 0 Å². The van der Waals surface area contributed by atoms with Crippen LogP contribution >= 0.6 is 0 Å². The lowest BCUT2D eigenvalue weighted by Gasteiger charge is -2.32. The fourth-order valence-electron chi connectivity index (χ4n) is 1.90. The van der Waals surface area contributed by atoms with Crippen LogP contribution in [-0.2, 0) is 9.63 Å². The highest BCUT2D eigenvalue weighted by molar-refractivity contribution is 5.76. The van der Waals surface area contributed by atoms with Crippen molar-refractivity contribution in [3.63, 3.8) is 0 Å². The van der Waals surface area contributed by atoms with Crippen LogP contribution in [0.1, 0.15) is 38.5 Å². The fourth-order valence-corrected chi connectivity index (χ4v) is 1.90. The van der Waals surface area contributed by atoms with E-state index < -0.39 is 0 Å². The first-order chi connectivity index (χ1) is 6.16. The summed E-state index contributed by atoms with van der Waals surface area (Å²) in [4.78, 5) is 15.7. The van der Waals surface area contributed by atoms with E-state index in [0.717, 1.165) is 25.7 Å². The molecule has 0 spiro atoms. The van der Waals surface area contributed by atoms with Crippen LogP contribution in [-0.4, -0.2) is 18.6 Å². The molecule has 13 heavy (non-hydrogen) atoms. The van der Waals surface area contributed by atoms with Crippen LogP contribution in [0.15, 0.2) is 0 Å². The monoisotopic (exact) mass is 186 g/mol. The molecule has 0 atom stereocenters. The molecule has 4 nitrogen and oxygen atoms in total. The van der Waals surface area contributed by atoms with Crippen LogP contribution in [0.25, 0.3) is 0 Å². The lowest BCUT2D eigenvalue weighted by molar-refractivity contribution is -0.132. The summed E-state index contributed by atoms with van der Waals surface area (Å²) in [6.45, 7) is 0. The topological polar surface area (TPSA) is 64.3 Å². The second kappa shape index (κ2) is 4.58. The summed E-state index contributed by atoms with van der Waals surface area (Å²) < 4.78 is 0. The molecule has 0 aliphatic heterocycles. The minimum Gasteiger partial charge on any atom is -0.325 e. The van der Waals surface area contributed by atoms with E-state index in [-0.39, 0.29) is 11.4 Å². The number of nitrogens with one attached hydrogen (secondary N) is 1. The third-order valence-electron chi connectivity index (χ3n) is 2.58. The molecule has 1 aliphatic carbocycles. The van der Waals surface area contributed by atoms with E-state index in [9.17, 15) is 4.79 Å². The van der Waals surface area contributed by atoms with Crippen molar-refractivity contribution in [2.75, 3.05) is 7.11 Å². The van der Waals surface area contributed by atoms with Crippen molar-refractivity contribution in [3.05, 3.63) is 0 Å². The van der Waals surface area contributed by atoms with Gasteiger partial charge in [-0.2, -0.15) is 0 Å². The molecule has 0 aromatic heterocycles. The summed E-state index contributed by atoms with van der Waals surface area (Å²) in [5.41, 5.74) is 8.08. The zero-order valence-electron chi connectivity index (χ0n) is 8.14. The normalized spacial score (nSPS) is 21.1. The summed E-state index contributed by atoms with van der Waals surface area (Å²) in [6, 6.07) is 0.